The van der Waals surface area contributed by atoms with Gasteiger partial charge in [-0.1, -0.05) is 6.08 Å². The molecule has 0 atom stereocenters. The van der Waals surface area contributed by atoms with Crippen molar-refractivity contribution in [2.75, 3.05) is 7.05 Å². The Morgan fingerprint density at radius 2 is 1.68 bits per heavy atom. The van der Waals surface area contributed by atoms with E-state index < -0.39 is 11.9 Å². The molecule has 0 aromatic heterocycles. The minimum atomic E-state index is -4.52. The van der Waals surface area contributed by atoms with Crippen molar-refractivity contribution in [3.63, 3.8) is 0 Å². The highest BCUT2D eigenvalue weighted by molar-refractivity contribution is 6.38. The maximum absolute atomic E-state index is 12.8. The van der Waals surface area contributed by atoms with Gasteiger partial charge in [-0.05, 0) is 26.3 Å². The smallest absolute Gasteiger partial charge is 0.293 e. The number of hydrogen-bond acceptors (Lipinski definition) is 3. The molecule has 6 heteroatoms. The Morgan fingerprint density at radius 1 is 1.16 bits per heavy atom. The van der Waals surface area contributed by atoms with Gasteiger partial charge in [0.25, 0.3) is 0 Å². The summed E-state index contributed by atoms with van der Waals surface area (Å²) in [7, 11) is 1.09. The second kappa shape index (κ2) is 7.01. The molecule has 0 aliphatic carbocycles. The predicted octanol–water partition coefficient (Wildman–Crippen LogP) is 3.52. The molecule has 0 N–H and O–H groups in total. The molecule has 0 fully saturated rings. The van der Waals surface area contributed by atoms with Gasteiger partial charge in [-0.2, -0.15) is 13.2 Å². The second-order valence-corrected chi connectivity index (χ2v) is 3.86. The second-order valence-electron chi connectivity index (χ2n) is 3.86. The number of carbonyl (C=O) groups excluding carboxylic acids is 1. The van der Waals surface area contributed by atoms with Crippen LogP contribution in [-0.4, -0.2) is 30.4 Å². The van der Waals surface area contributed by atoms with Gasteiger partial charge in [-0.3, -0.25) is 14.8 Å². The average Bonchev–Trinajstić information content (AvgIpc) is 2.30. The fourth-order valence-corrected chi connectivity index (χ4v) is 1.31. The average molecular weight is 274 g/mol. The zero-order valence-electron chi connectivity index (χ0n) is 11.6. The lowest BCUT2D eigenvalue weighted by Crippen LogP contribution is -2.25. The zero-order valence-corrected chi connectivity index (χ0v) is 11.6. The first-order valence-corrected chi connectivity index (χ1v) is 5.58. The van der Waals surface area contributed by atoms with Crippen molar-refractivity contribution in [3.05, 3.63) is 23.4 Å². The van der Waals surface area contributed by atoms with Crippen molar-refractivity contribution in [2.45, 2.75) is 33.9 Å². The van der Waals surface area contributed by atoms with E-state index in [1.54, 1.807) is 0 Å². The van der Waals surface area contributed by atoms with Gasteiger partial charge < -0.3 is 0 Å². The van der Waals surface area contributed by atoms with E-state index in [4.69, 9.17) is 0 Å². The monoisotopic (exact) mass is 274 g/mol. The van der Waals surface area contributed by atoms with Crippen molar-refractivity contribution in [2.24, 2.45) is 9.98 Å². The molecule has 0 radical (unpaired) electrons. The summed E-state index contributed by atoms with van der Waals surface area (Å²) in [5.74, 6) is -0.230. The van der Waals surface area contributed by atoms with E-state index in [9.17, 15) is 18.0 Å². The maximum Gasteiger partial charge on any atom is 0.433 e. The van der Waals surface area contributed by atoms with Crippen molar-refractivity contribution in [1.82, 2.24) is 0 Å². The molecule has 0 bridgehead atoms. The van der Waals surface area contributed by atoms with E-state index in [0.29, 0.717) is 5.57 Å². The van der Waals surface area contributed by atoms with Crippen LogP contribution in [0.25, 0.3) is 0 Å². The van der Waals surface area contributed by atoms with Gasteiger partial charge >= 0.3 is 6.18 Å². The molecule has 19 heavy (non-hydrogen) atoms. The predicted molar refractivity (Wildman–Crippen MR) is 70.7 cm³/mol. The van der Waals surface area contributed by atoms with Gasteiger partial charge in [-0.25, -0.2) is 0 Å². The fourth-order valence-electron chi connectivity index (χ4n) is 1.31. The third-order valence-electron chi connectivity index (χ3n) is 2.42. The first-order chi connectivity index (χ1) is 8.65. The summed E-state index contributed by atoms with van der Waals surface area (Å²) < 4.78 is 38.3. The van der Waals surface area contributed by atoms with E-state index >= 15 is 0 Å². The first kappa shape index (κ1) is 17.3. The lowest BCUT2D eigenvalue weighted by molar-refractivity contribution is -0.111. The molecule has 0 aromatic rings. The van der Waals surface area contributed by atoms with E-state index in [1.165, 1.54) is 40.0 Å². The number of aliphatic imine (C=N–C) groups is 2. The van der Waals surface area contributed by atoms with E-state index in [1.807, 2.05) is 0 Å². The summed E-state index contributed by atoms with van der Waals surface area (Å²) in [5.41, 5.74) is -0.479. The number of alkyl halides is 3. The van der Waals surface area contributed by atoms with E-state index in [2.05, 4.69) is 9.98 Å². The van der Waals surface area contributed by atoms with Gasteiger partial charge in [0, 0.05) is 25.7 Å². The third-order valence-corrected chi connectivity index (χ3v) is 2.42. The molecule has 0 heterocycles. The van der Waals surface area contributed by atoms with Gasteiger partial charge in [0.1, 0.15) is 5.71 Å². The molecule has 0 aliphatic rings. The summed E-state index contributed by atoms with van der Waals surface area (Å²) >= 11 is 0. The normalized spacial score (nSPS) is 15.8. The standard InChI is InChI=1S/C13H17F3N2O/c1-6-11(12(17-5)13(14,15)16)8(2)7-18-9(3)10(4)19/h6-7H,1-5H3/b8-7+,11-6-,17-12?,18-9?. The van der Waals surface area contributed by atoms with Crippen molar-refractivity contribution in [1.29, 1.82) is 0 Å². The zero-order chi connectivity index (χ0) is 15.2. The Hall–Kier alpha value is -1.72. The van der Waals surface area contributed by atoms with Crippen LogP contribution in [0.1, 0.15) is 27.7 Å². The van der Waals surface area contributed by atoms with Gasteiger partial charge in [0.05, 0.1) is 5.71 Å². The highest BCUT2D eigenvalue weighted by Gasteiger charge is 2.37. The molecule has 0 unspecified atom stereocenters. The number of hydrogen-bond donors (Lipinski definition) is 0. The molecule has 0 saturated heterocycles. The SMILES string of the molecule is C/C=C(C(=NC)C(F)(F)F)/C(C)=C/N=C(C)C(C)=O. The van der Waals surface area contributed by atoms with Crippen LogP contribution in [0.3, 0.4) is 0 Å². The van der Waals surface area contributed by atoms with Gasteiger partial charge in [0.2, 0.25) is 0 Å². The topological polar surface area (TPSA) is 41.8 Å². The van der Waals surface area contributed by atoms with Crippen LogP contribution in [0.5, 0.6) is 0 Å². The number of allylic oxidation sites excluding steroid dienone is 3. The highest BCUT2D eigenvalue weighted by Crippen LogP contribution is 2.26. The van der Waals surface area contributed by atoms with Gasteiger partial charge in [-0.15, -0.1) is 0 Å². The summed E-state index contributed by atoms with van der Waals surface area (Å²) in [6.45, 7) is 5.82. The van der Waals surface area contributed by atoms with Crippen LogP contribution < -0.4 is 0 Å². The molecular formula is C13H17F3N2O. The summed E-state index contributed by atoms with van der Waals surface area (Å²) in [5, 5.41) is 0. The highest BCUT2D eigenvalue weighted by atomic mass is 19.4. The van der Waals surface area contributed by atoms with Crippen LogP contribution in [0.15, 0.2) is 33.4 Å². The van der Waals surface area contributed by atoms with Crippen molar-refractivity contribution < 1.29 is 18.0 Å². The molecule has 0 aromatic carbocycles. The minimum Gasteiger partial charge on any atom is -0.293 e. The number of Topliss-reactive ketones (excluding diaryl/α,β-unsaturated/α-hetero) is 1. The molecule has 106 valence electrons. The number of nitrogens with zero attached hydrogens (tertiary/aromatic N) is 2. The molecule has 0 rings (SSSR count). The third kappa shape index (κ3) is 5.19. The Bertz CT molecular complexity index is 469. The molecular weight excluding hydrogens is 257 g/mol. The quantitative estimate of drug-likeness (QED) is 0.571. The molecule has 0 aliphatic heterocycles. The molecule has 0 amide bonds. The van der Waals surface area contributed by atoms with E-state index in [-0.39, 0.29) is 17.1 Å². The number of ketones is 1. The minimum absolute atomic E-state index is 0.0462. The summed E-state index contributed by atoms with van der Waals surface area (Å²) in [6.07, 6.45) is -1.96. The fraction of sp³-hybridized carbons (Fsp3) is 0.462. The maximum atomic E-state index is 12.8. The van der Waals surface area contributed by atoms with Gasteiger partial charge in [0.15, 0.2) is 5.78 Å². The number of rotatable bonds is 4. The van der Waals surface area contributed by atoms with E-state index in [0.717, 1.165) is 7.05 Å². The van der Waals surface area contributed by atoms with Crippen molar-refractivity contribution in [3.8, 4) is 0 Å². The Labute approximate surface area is 110 Å². The summed E-state index contributed by atoms with van der Waals surface area (Å²) in [6, 6.07) is 0. The van der Waals surface area contributed by atoms with Crippen LogP contribution in [0.2, 0.25) is 0 Å². The van der Waals surface area contributed by atoms with Crippen molar-refractivity contribution >= 4 is 17.2 Å². The number of carbonyl (C=O) groups is 1. The largest absolute Gasteiger partial charge is 0.433 e. The first-order valence-electron chi connectivity index (χ1n) is 5.58. The molecule has 0 saturated carbocycles. The Kier molecular flexibility index (Phi) is 6.38. The number of halogens is 3. The summed E-state index contributed by atoms with van der Waals surface area (Å²) in [4.78, 5) is 18.1. The molecule has 0 spiro atoms. The van der Waals surface area contributed by atoms with Crippen LogP contribution >= 0.6 is 0 Å². The molecule has 3 nitrogen and oxygen atoms in total. The van der Waals surface area contributed by atoms with Crippen LogP contribution in [0.4, 0.5) is 13.2 Å². The Morgan fingerprint density at radius 3 is 2.00 bits per heavy atom. The Balaban J connectivity index is 5.48. The van der Waals surface area contributed by atoms with Crippen LogP contribution in [0, 0.1) is 0 Å². The lowest BCUT2D eigenvalue weighted by atomic mass is 10.0. The van der Waals surface area contributed by atoms with Crippen LogP contribution in [-0.2, 0) is 4.79 Å². The lowest BCUT2D eigenvalue weighted by Gasteiger charge is -2.13.